The van der Waals surface area contributed by atoms with Crippen LogP contribution in [0.2, 0.25) is 0 Å². The quantitative estimate of drug-likeness (QED) is 0.141. The lowest BCUT2D eigenvalue weighted by Gasteiger charge is -2.28. The zero-order valence-corrected chi connectivity index (χ0v) is 47.2. The van der Waals surface area contributed by atoms with Crippen LogP contribution >= 0.6 is 0 Å². The minimum absolute atomic E-state index is 0.264. The Morgan fingerprint density at radius 1 is 0.235 bits per heavy atom. The van der Waals surface area contributed by atoms with Crippen molar-refractivity contribution in [2.24, 2.45) is 0 Å². The summed E-state index contributed by atoms with van der Waals surface area (Å²) in [6, 6.07) is 112. The molecule has 0 saturated carbocycles. The smallest absolute Gasteiger partial charge is 0.0541 e. The minimum atomic E-state index is -0.264. The molecule has 3 heterocycles. The molecule has 3 aromatic heterocycles. The van der Waals surface area contributed by atoms with E-state index in [0.717, 1.165) is 28.4 Å². The van der Waals surface area contributed by atoms with Crippen molar-refractivity contribution in [2.75, 3.05) is 4.90 Å². The maximum Gasteiger partial charge on any atom is 0.0541 e. The Morgan fingerprint density at radius 2 is 0.541 bits per heavy atom. The molecular formula is C81H56N4. The normalized spacial score (nSPS) is 12.7. The van der Waals surface area contributed by atoms with Crippen molar-refractivity contribution in [3.05, 3.63) is 314 Å². The van der Waals surface area contributed by atoms with Crippen molar-refractivity contribution in [2.45, 2.75) is 19.3 Å². The highest BCUT2D eigenvalue weighted by atomic mass is 15.1. The second-order valence-electron chi connectivity index (χ2n) is 23.3. The third-order valence-electron chi connectivity index (χ3n) is 18.3. The van der Waals surface area contributed by atoms with E-state index in [9.17, 15) is 0 Å². The van der Waals surface area contributed by atoms with Gasteiger partial charge < -0.3 is 18.6 Å². The second-order valence-corrected chi connectivity index (χ2v) is 23.3. The molecule has 0 saturated heterocycles. The number of fused-ring (bicyclic) bond motifs is 12. The third kappa shape index (κ3) is 7.69. The maximum atomic E-state index is 2.45. The van der Waals surface area contributed by atoms with Gasteiger partial charge in [-0.05, 0) is 177 Å². The first-order valence-corrected chi connectivity index (χ1v) is 29.5. The van der Waals surface area contributed by atoms with Crippen LogP contribution in [-0.4, -0.2) is 13.7 Å². The van der Waals surface area contributed by atoms with Crippen molar-refractivity contribution in [1.82, 2.24) is 13.7 Å². The number of benzene rings is 13. The molecule has 0 aliphatic heterocycles. The monoisotopic (exact) mass is 1080 g/mol. The van der Waals surface area contributed by atoms with E-state index in [0.29, 0.717) is 0 Å². The summed E-state index contributed by atoms with van der Waals surface area (Å²) in [5.41, 5.74) is 26.1. The van der Waals surface area contributed by atoms with E-state index in [1.54, 1.807) is 0 Å². The number of nitrogens with zero attached hydrogens (tertiary/aromatic N) is 4. The summed E-state index contributed by atoms with van der Waals surface area (Å²) in [4.78, 5) is 2.43. The molecular weight excluding hydrogens is 1030 g/mol. The minimum Gasteiger partial charge on any atom is -0.310 e. The number of aromatic nitrogens is 3. The van der Waals surface area contributed by atoms with Gasteiger partial charge in [0.2, 0.25) is 0 Å². The van der Waals surface area contributed by atoms with Crippen LogP contribution in [0.5, 0.6) is 0 Å². The largest absolute Gasteiger partial charge is 0.310 e. The van der Waals surface area contributed by atoms with Crippen LogP contribution in [0.3, 0.4) is 0 Å². The van der Waals surface area contributed by atoms with E-state index in [-0.39, 0.29) is 5.41 Å². The predicted molar refractivity (Wildman–Crippen MR) is 358 cm³/mol. The van der Waals surface area contributed by atoms with Crippen molar-refractivity contribution in [1.29, 1.82) is 0 Å². The molecule has 1 aliphatic rings. The molecule has 1 aliphatic carbocycles. The van der Waals surface area contributed by atoms with Crippen LogP contribution in [0.15, 0.2) is 303 Å². The van der Waals surface area contributed by atoms with E-state index < -0.39 is 0 Å². The molecule has 4 nitrogen and oxygen atoms in total. The molecule has 0 spiro atoms. The Morgan fingerprint density at radius 3 is 0.988 bits per heavy atom. The molecule has 0 amide bonds. The van der Waals surface area contributed by atoms with E-state index >= 15 is 0 Å². The predicted octanol–water partition coefficient (Wildman–Crippen LogP) is 21.8. The van der Waals surface area contributed by atoms with Gasteiger partial charge >= 0.3 is 0 Å². The van der Waals surface area contributed by atoms with Crippen LogP contribution in [0.25, 0.3) is 127 Å². The standard InChI is InChI=1S/C81H56N4/c1-81(2)73-51-58(57-37-49-80-72(50-57)71-22-10-15-27-79(71)83(80)59-16-4-3-5-17-59)36-47-65(73)66-48-46-64(52-74(66)81)82(60-38-28-53(29-39-60)55-32-42-62(43-33-55)84-75-23-11-6-18-67(75)68-19-7-12-24-76(68)84)61-40-30-54(31-41-61)56-34-44-63(45-35-56)85-77-25-13-8-20-69(77)70-21-9-14-26-78(70)85/h3-52H,1-2H3. The fourth-order valence-electron chi connectivity index (χ4n) is 14.1. The Bertz CT molecular complexity index is 4980. The number of para-hydroxylation sites is 6. The van der Waals surface area contributed by atoms with Gasteiger partial charge in [-0.1, -0.05) is 196 Å². The summed E-state index contributed by atoms with van der Waals surface area (Å²) < 4.78 is 7.15. The second kappa shape index (κ2) is 19.1. The van der Waals surface area contributed by atoms with Crippen molar-refractivity contribution >= 4 is 82.5 Å². The first-order valence-electron chi connectivity index (χ1n) is 29.5. The Kier molecular flexibility index (Phi) is 10.9. The van der Waals surface area contributed by atoms with E-state index in [4.69, 9.17) is 0 Å². The molecule has 0 N–H and O–H groups in total. The molecule has 0 radical (unpaired) electrons. The lowest BCUT2D eigenvalue weighted by atomic mass is 9.81. The average molecular weight is 1090 g/mol. The van der Waals surface area contributed by atoms with Crippen molar-refractivity contribution in [3.63, 3.8) is 0 Å². The first kappa shape index (κ1) is 48.7. The van der Waals surface area contributed by atoms with Crippen LogP contribution in [0, 0.1) is 0 Å². The highest BCUT2D eigenvalue weighted by Gasteiger charge is 2.36. The Hall–Kier alpha value is -10.9. The molecule has 17 rings (SSSR count). The molecule has 0 atom stereocenters. The van der Waals surface area contributed by atoms with Gasteiger partial charge in [0.15, 0.2) is 0 Å². The van der Waals surface area contributed by atoms with Crippen LogP contribution in [0.1, 0.15) is 25.0 Å². The molecule has 85 heavy (non-hydrogen) atoms. The number of rotatable bonds is 9. The van der Waals surface area contributed by atoms with E-state index in [2.05, 4.69) is 336 Å². The summed E-state index contributed by atoms with van der Waals surface area (Å²) >= 11 is 0. The molecule has 13 aromatic carbocycles. The number of anilines is 3. The van der Waals surface area contributed by atoms with Gasteiger partial charge in [-0.3, -0.25) is 0 Å². The maximum absolute atomic E-state index is 2.45. The zero-order chi connectivity index (χ0) is 56.3. The lowest BCUT2D eigenvalue weighted by Crippen LogP contribution is -2.16. The molecule has 16 aromatic rings. The average Bonchev–Trinajstić information content (AvgIpc) is 3.98. The lowest BCUT2D eigenvalue weighted by molar-refractivity contribution is 0.660. The van der Waals surface area contributed by atoms with Gasteiger partial charge in [-0.2, -0.15) is 0 Å². The summed E-state index contributed by atoms with van der Waals surface area (Å²) in [6.45, 7) is 4.80. The van der Waals surface area contributed by atoms with Crippen LogP contribution in [-0.2, 0) is 5.41 Å². The van der Waals surface area contributed by atoms with Gasteiger partial charge in [-0.15, -0.1) is 0 Å². The van der Waals surface area contributed by atoms with Gasteiger partial charge in [-0.25, -0.2) is 0 Å². The van der Waals surface area contributed by atoms with Gasteiger partial charge in [0.05, 0.1) is 33.1 Å². The zero-order valence-electron chi connectivity index (χ0n) is 47.2. The molecule has 400 valence electrons. The fourth-order valence-corrected chi connectivity index (χ4v) is 14.1. The van der Waals surface area contributed by atoms with Crippen LogP contribution in [0.4, 0.5) is 17.1 Å². The van der Waals surface area contributed by atoms with Gasteiger partial charge in [0.25, 0.3) is 0 Å². The molecule has 0 bridgehead atoms. The Balaban J connectivity index is 0.725. The van der Waals surface area contributed by atoms with Gasteiger partial charge in [0, 0.05) is 71.9 Å². The summed E-state index contributed by atoms with van der Waals surface area (Å²) in [7, 11) is 0. The summed E-state index contributed by atoms with van der Waals surface area (Å²) in [6.07, 6.45) is 0. The highest BCUT2D eigenvalue weighted by molar-refractivity contribution is 6.12. The topological polar surface area (TPSA) is 18.0 Å². The van der Waals surface area contributed by atoms with Gasteiger partial charge in [0.1, 0.15) is 0 Å². The molecule has 4 heteroatoms. The van der Waals surface area contributed by atoms with E-state index in [1.807, 2.05) is 0 Å². The van der Waals surface area contributed by atoms with Crippen LogP contribution < -0.4 is 4.90 Å². The fraction of sp³-hybridized carbons (Fsp3) is 0.0370. The Labute approximate surface area is 493 Å². The first-order chi connectivity index (χ1) is 41.9. The van der Waals surface area contributed by atoms with Crippen molar-refractivity contribution in [3.8, 4) is 61.6 Å². The summed E-state index contributed by atoms with van der Waals surface area (Å²) in [5.74, 6) is 0. The molecule has 0 fully saturated rings. The number of hydrogen-bond donors (Lipinski definition) is 0. The number of hydrogen-bond acceptors (Lipinski definition) is 1. The van der Waals surface area contributed by atoms with Crippen molar-refractivity contribution < 1.29 is 0 Å². The summed E-state index contributed by atoms with van der Waals surface area (Å²) in [5, 5.41) is 7.58. The highest BCUT2D eigenvalue weighted by Crippen LogP contribution is 2.52. The third-order valence-corrected chi connectivity index (χ3v) is 18.3. The van der Waals surface area contributed by atoms with E-state index in [1.165, 1.54) is 127 Å². The molecule has 0 unspecified atom stereocenters. The SMILES string of the molecule is CC1(C)c2cc(-c3ccc4c(c3)c3ccccc3n4-c3ccccc3)ccc2-c2ccc(N(c3ccc(-c4ccc(-n5c6ccccc6c6ccccc65)cc4)cc3)c3ccc(-c4ccc(-n5c6ccccc6c6ccccc65)cc4)cc3)cc21.